The molecule has 3 aromatic rings. The van der Waals surface area contributed by atoms with Gasteiger partial charge in [0.15, 0.2) is 0 Å². The molecule has 1 N–H and O–H groups in total. The maximum atomic E-state index is 12.7. The number of nitrogens with zero attached hydrogens (tertiary/aromatic N) is 5. The van der Waals surface area contributed by atoms with Gasteiger partial charge in [-0.25, -0.2) is 9.97 Å². The molecular weight excluding hydrogens is 440 g/mol. The number of piperazine rings is 1. The first-order valence-electron chi connectivity index (χ1n) is 8.94. The van der Waals surface area contributed by atoms with Crippen LogP contribution in [0.15, 0.2) is 53.3 Å². The Kier molecular flexibility index (Phi) is 5.94. The van der Waals surface area contributed by atoms with E-state index in [0.29, 0.717) is 13.1 Å². The fraction of sp³-hybridized carbons (Fsp3) is 0.263. The third-order valence-corrected chi connectivity index (χ3v) is 5.59. The van der Waals surface area contributed by atoms with E-state index < -0.39 is 0 Å². The number of amides is 1. The van der Waals surface area contributed by atoms with Gasteiger partial charge in [-0.15, -0.1) is 0 Å². The number of hydrogen-bond donors (Lipinski definition) is 1. The van der Waals surface area contributed by atoms with Crippen LogP contribution in [0.2, 0.25) is 0 Å². The summed E-state index contributed by atoms with van der Waals surface area (Å²) in [6.07, 6.45) is 1.52. The fourth-order valence-electron chi connectivity index (χ4n) is 3.12. The third-order valence-electron chi connectivity index (χ3n) is 4.52. The molecule has 1 fully saturated rings. The Hall–Kier alpha value is -2.36. The molecule has 1 saturated heterocycles. The van der Waals surface area contributed by atoms with Crippen LogP contribution in [0.4, 0.5) is 10.9 Å². The molecule has 0 spiro atoms. The molecule has 144 valence electrons. The molecule has 7 nitrogen and oxygen atoms in total. The second-order valence-corrected chi connectivity index (χ2v) is 8.16. The second kappa shape index (κ2) is 8.76. The van der Waals surface area contributed by atoms with Gasteiger partial charge in [0.1, 0.15) is 12.1 Å². The van der Waals surface area contributed by atoms with Gasteiger partial charge in [-0.05, 0) is 30.3 Å². The van der Waals surface area contributed by atoms with E-state index in [1.807, 2.05) is 47.4 Å². The van der Waals surface area contributed by atoms with Crippen molar-refractivity contribution in [2.75, 3.05) is 31.5 Å². The number of anilines is 2. The normalized spacial score (nSPS) is 14.8. The summed E-state index contributed by atoms with van der Waals surface area (Å²) in [5.74, 6) is 0.847. The molecule has 4 rings (SSSR count). The van der Waals surface area contributed by atoms with Gasteiger partial charge in [0.05, 0.1) is 5.69 Å². The second-order valence-electron chi connectivity index (χ2n) is 6.46. The fourth-order valence-corrected chi connectivity index (χ4v) is 3.96. The van der Waals surface area contributed by atoms with Gasteiger partial charge in [-0.2, -0.15) is 4.37 Å². The van der Waals surface area contributed by atoms with Gasteiger partial charge in [0.25, 0.3) is 5.91 Å². The Bertz CT molecular complexity index is 943. The molecule has 0 saturated carbocycles. The summed E-state index contributed by atoms with van der Waals surface area (Å²) < 4.78 is 4.90. The predicted molar refractivity (Wildman–Crippen MR) is 113 cm³/mol. The smallest absolute Gasteiger partial charge is 0.253 e. The monoisotopic (exact) mass is 458 g/mol. The SMILES string of the molecule is O=C(c1cccc(Br)c1)N1CCN(Cc2cccc(Nc3ncns3)n2)CC1. The Morgan fingerprint density at radius 1 is 1.14 bits per heavy atom. The average molecular weight is 459 g/mol. The zero-order chi connectivity index (χ0) is 19.3. The zero-order valence-electron chi connectivity index (χ0n) is 15.1. The number of aromatic nitrogens is 3. The van der Waals surface area contributed by atoms with Crippen molar-refractivity contribution in [2.24, 2.45) is 0 Å². The summed E-state index contributed by atoms with van der Waals surface area (Å²) in [5, 5.41) is 3.89. The maximum absolute atomic E-state index is 12.7. The predicted octanol–water partition coefficient (Wildman–Crippen LogP) is 3.40. The van der Waals surface area contributed by atoms with Crippen LogP contribution in [0, 0.1) is 0 Å². The minimum absolute atomic E-state index is 0.0855. The molecule has 1 aliphatic rings. The summed E-state index contributed by atoms with van der Waals surface area (Å²) in [4.78, 5) is 25.7. The van der Waals surface area contributed by atoms with E-state index in [1.54, 1.807) is 0 Å². The molecule has 1 amide bonds. The van der Waals surface area contributed by atoms with Crippen molar-refractivity contribution in [3.63, 3.8) is 0 Å². The standard InChI is InChI=1S/C19H19BrN6OS/c20-15-4-1-3-14(11-15)18(27)26-9-7-25(8-10-26)12-16-5-2-6-17(23-16)24-19-21-13-22-28-19/h1-6,11,13H,7-10,12H2,(H,21,22,23,24). The molecule has 9 heteroatoms. The van der Waals surface area contributed by atoms with Gasteiger partial charge in [0, 0.05) is 54.3 Å². The molecule has 1 aliphatic heterocycles. The highest BCUT2D eigenvalue weighted by Gasteiger charge is 2.22. The van der Waals surface area contributed by atoms with E-state index in [1.165, 1.54) is 17.9 Å². The maximum Gasteiger partial charge on any atom is 0.253 e. The van der Waals surface area contributed by atoms with E-state index in [9.17, 15) is 4.79 Å². The zero-order valence-corrected chi connectivity index (χ0v) is 17.5. The lowest BCUT2D eigenvalue weighted by molar-refractivity contribution is 0.0627. The Labute approximate surface area is 175 Å². The summed E-state index contributed by atoms with van der Waals surface area (Å²) >= 11 is 4.73. The number of rotatable bonds is 5. The lowest BCUT2D eigenvalue weighted by Crippen LogP contribution is -2.48. The van der Waals surface area contributed by atoms with Crippen molar-refractivity contribution in [3.8, 4) is 0 Å². The van der Waals surface area contributed by atoms with Crippen molar-refractivity contribution in [1.29, 1.82) is 0 Å². The molecule has 0 aliphatic carbocycles. The molecule has 0 atom stereocenters. The van der Waals surface area contributed by atoms with E-state index in [0.717, 1.165) is 46.3 Å². The van der Waals surface area contributed by atoms with E-state index >= 15 is 0 Å². The van der Waals surface area contributed by atoms with Crippen molar-refractivity contribution in [2.45, 2.75) is 6.54 Å². The summed E-state index contributed by atoms with van der Waals surface area (Å²) in [7, 11) is 0. The lowest BCUT2D eigenvalue weighted by Gasteiger charge is -2.34. The Balaban J connectivity index is 1.32. The van der Waals surface area contributed by atoms with Crippen LogP contribution in [-0.4, -0.2) is 56.2 Å². The van der Waals surface area contributed by atoms with Crippen molar-refractivity contribution >= 4 is 44.3 Å². The van der Waals surface area contributed by atoms with Crippen LogP contribution in [0.3, 0.4) is 0 Å². The topological polar surface area (TPSA) is 74.2 Å². The number of carbonyl (C=O) groups is 1. The minimum atomic E-state index is 0.0855. The van der Waals surface area contributed by atoms with E-state index in [2.05, 4.69) is 40.5 Å². The van der Waals surface area contributed by atoms with Gasteiger partial charge >= 0.3 is 0 Å². The van der Waals surface area contributed by atoms with Crippen molar-refractivity contribution in [1.82, 2.24) is 24.1 Å². The van der Waals surface area contributed by atoms with Gasteiger partial charge < -0.3 is 10.2 Å². The summed E-state index contributed by atoms with van der Waals surface area (Å²) in [6, 6.07) is 13.5. The highest BCUT2D eigenvalue weighted by molar-refractivity contribution is 9.10. The number of nitrogens with one attached hydrogen (secondary N) is 1. The molecule has 0 unspecified atom stereocenters. The van der Waals surface area contributed by atoms with Crippen LogP contribution in [0.1, 0.15) is 16.1 Å². The average Bonchev–Trinajstić information content (AvgIpc) is 3.21. The van der Waals surface area contributed by atoms with Crippen LogP contribution >= 0.6 is 27.5 Å². The highest BCUT2D eigenvalue weighted by Crippen LogP contribution is 2.17. The summed E-state index contributed by atoms with van der Waals surface area (Å²) in [6.45, 7) is 3.84. The quantitative estimate of drug-likeness (QED) is 0.631. The number of carbonyl (C=O) groups excluding carboxylic acids is 1. The lowest BCUT2D eigenvalue weighted by atomic mass is 10.2. The number of hydrogen-bond acceptors (Lipinski definition) is 7. The molecule has 28 heavy (non-hydrogen) atoms. The molecule has 0 radical (unpaired) electrons. The molecule has 0 bridgehead atoms. The molecule has 1 aromatic carbocycles. The highest BCUT2D eigenvalue weighted by atomic mass is 79.9. The van der Waals surface area contributed by atoms with Gasteiger partial charge in [0.2, 0.25) is 5.13 Å². The first-order chi connectivity index (χ1) is 13.7. The first-order valence-corrected chi connectivity index (χ1v) is 10.5. The van der Waals surface area contributed by atoms with Crippen LogP contribution in [0.5, 0.6) is 0 Å². The Morgan fingerprint density at radius 2 is 1.96 bits per heavy atom. The van der Waals surface area contributed by atoms with Crippen LogP contribution in [-0.2, 0) is 6.54 Å². The minimum Gasteiger partial charge on any atom is -0.336 e. The van der Waals surface area contributed by atoms with E-state index in [4.69, 9.17) is 0 Å². The van der Waals surface area contributed by atoms with Crippen LogP contribution in [0.25, 0.3) is 0 Å². The third kappa shape index (κ3) is 4.73. The van der Waals surface area contributed by atoms with Gasteiger partial charge in [-0.3, -0.25) is 9.69 Å². The van der Waals surface area contributed by atoms with Crippen LogP contribution < -0.4 is 5.32 Å². The number of halogens is 1. The van der Waals surface area contributed by atoms with Gasteiger partial charge in [-0.1, -0.05) is 28.1 Å². The molecule has 2 aromatic heterocycles. The first kappa shape index (κ1) is 19.0. The van der Waals surface area contributed by atoms with Crippen molar-refractivity contribution < 1.29 is 4.79 Å². The van der Waals surface area contributed by atoms with Crippen molar-refractivity contribution in [3.05, 3.63) is 64.5 Å². The Morgan fingerprint density at radius 3 is 2.71 bits per heavy atom. The number of pyridine rings is 1. The number of benzene rings is 1. The van der Waals surface area contributed by atoms with E-state index in [-0.39, 0.29) is 5.91 Å². The largest absolute Gasteiger partial charge is 0.336 e. The molecular formula is C19H19BrN6OS. The summed E-state index contributed by atoms with van der Waals surface area (Å²) in [5.41, 5.74) is 1.71. The molecule has 3 heterocycles.